The Bertz CT molecular complexity index is 511. The zero-order chi connectivity index (χ0) is 14.7. The number of likely N-dealkylation sites (N-methyl/N-ethyl adjacent to an activating group) is 1. The third kappa shape index (κ3) is 3.19. The summed E-state index contributed by atoms with van der Waals surface area (Å²) in [6.45, 7) is 5.18. The molecular weight excluding hydrogens is 256 g/mol. The van der Waals surface area contributed by atoms with Crippen molar-refractivity contribution < 1.29 is 0 Å². The van der Waals surface area contributed by atoms with Crippen molar-refractivity contribution in [3.63, 3.8) is 0 Å². The van der Waals surface area contributed by atoms with Crippen LogP contribution in [0.1, 0.15) is 6.42 Å². The molecule has 1 heterocycles. The van der Waals surface area contributed by atoms with Crippen LogP contribution in [0.25, 0.3) is 0 Å². The topological polar surface area (TPSA) is 55.9 Å². The Morgan fingerprint density at radius 1 is 1.10 bits per heavy atom. The fraction of sp³-hybridized carbons (Fsp3) is 0.714. The highest BCUT2D eigenvalue weighted by molar-refractivity contribution is 5.75. The maximum Gasteiger partial charge on any atom is 0.253 e. The summed E-state index contributed by atoms with van der Waals surface area (Å²) in [4.78, 5) is 29.8. The van der Waals surface area contributed by atoms with E-state index < -0.39 is 0 Å². The minimum Gasteiger partial charge on any atom is -0.380 e. The zero-order valence-electron chi connectivity index (χ0n) is 12.6. The average Bonchev–Trinajstić information content (AvgIpc) is 2.42. The summed E-state index contributed by atoms with van der Waals surface area (Å²) in [6, 6.07) is 0. The molecule has 0 atom stereocenters. The SMILES string of the molecule is CN(C)CCCNc1c(N2CCN(C)CC2)c(=O)c1=O. The summed E-state index contributed by atoms with van der Waals surface area (Å²) in [5.41, 5.74) is 0.444. The van der Waals surface area contributed by atoms with Crippen molar-refractivity contribution >= 4 is 11.4 Å². The lowest BCUT2D eigenvalue weighted by molar-refractivity contribution is 0.312. The Morgan fingerprint density at radius 3 is 2.35 bits per heavy atom. The van der Waals surface area contributed by atoms with Gasteiger partial charge in [-0.05, 0) is 34.1 Å². The van der Waals surface area contributed by atoms with Crippen LogP contribution in [0, 0.1) is 0 Å². The molecular formula is C14H24N4O2. The Labute approximate surface area is 119 Å². The molecule has 0 aliphatic carbocycles. The fourth-order valence-corrected chi connectivity index (χ4v) is 2.48. The van der Waals surface area contributed by atoms with Crippen LogP contribution < -0.4 is 21.1 Å². The van der Waals surface area contributed by atoms with E-state index in [1.54, 1.807) is 0 Å². The average molecular weight is 280 g/mol. The van der Waals surface area contributed by atoms with Crippen LogP contribution in [0.4, 0.5) is 11.4 Å². The van der Waals surface area contributed by atoms with Crippen LogP contribution >= 0.6 is 0 Å². The second kappa shape index (κ2) is 6.37. The molecule has 0 radical (unpaired) electrons. The van der Waals surface area contributed by atoms with Gasteiger partial charge in [0.1, 0.15) is 11.4 Å². The van der Waals surface area contributed by atoms with E-state index in [2.05, 4.69) is 22.2 Å². The summed E-state index contributed by atoms with van der Waals surface area (Å²) >= 11 is 0. The van der Waals surface area contributed by atoms with Crippen LogP contribution in [-0.2, 0) is 0 Å². The molecule has 6 heteroatoms. The Hall–Kier alpha value is -1.40. The number of rotatable bonds is 6. The van der Waals surface area contributed by atoms with Crippen LogP contribution in [-0.4, -0.2) is 70.2 Å². The van der Waals surface area contributed by atoms with Crippen molar-refractivity contribution in [1.29, 1.82) is 0 Å². The lowest BCUT2D eigenvalue weighted by atomic mass is 10.1. The molecule has 0 aromatic heterocycles. The van der Waals surface area contributed by atoms with Crippen LogP contribution in [0.3, 0.4) is 0 Å². The molecule has 6 nitrogen and oxygen atoms in total. The molecule has 0 saturated carbocycles. The van der Waals surface area contributed by atoms with Crippen molar-refractivity contribution in [2.75, 3.05) is 70.6 Å². The molecule has 1 fully saturated rings. The lowest BCUT2D eigenvalue weighted by Gasteiger charge is -2.35. The van der Waals surface area contributed by atoms with Crippen molar-refractivity contribution in [3.8, 4) is 0 Å². The number of piperazine rings is 1. The van der Waals surface area contributed by atoms with E-state index in [9.17, 15) is 9.59 Å². The van der Waals surface area contributed by atoms with E-state index in [4.69, 9.17) is 0 Å². The Morgan fingerprint density at radius 2 is 1.75 bits per heavy atom. The molecule has 0 amide bonds. The monoisotopic (exact) mass is 280 g/mol. The molecule has 2 rings (SSSR count). The summed E-state index contributed by atoms with van der Waals surface area (Å²) in [5.74, 6) is 0. The molecule has 112 valence electrons. The Kier molecular flexibility index (Phi) is 4.77. The van der Waals surface area contributed by atoms with Gasteiger partial charge in [-0.1, -0.05) is 0 Å². The van der Waals surface area contributed by atoms with E-state index >= 15 is 0 Å². The molecule has 20 heavy (non-hydrogen) atoms. The van der Waals surface area contributed by atoms with Gasteiger partial charge in [0.25, 0.3) is 10.9 Å². The van der Waals surface area contributed by atoms with Gasteiger partial charge in [-0.15, -0.1) is 0 Å². The van der Waals surface area contributed by atoms with Crippen molar-refractivity contribution in [2.45, 2.75) is 6.42 Å². The van der Waals surface area contributed by atoms with E-state index in [-0.39, 0.29) is 10.9 Å². The first-order valence-electron chi connectivity index (χ1n) is 7.16. The van der Waals surface area contributed by atoms with Crippen LogP contribution in [0.15, 0.2) is 9.59 Å². The van der Waals surface area contributed by atoms with Gasteiger partial charge in [0.2, 0.25) is 0 Å². The van der Waals surface area contributed by atoms with Crippen molar-refractivity contribution in [3.05, 3.63) is 20.4 Å². The highest BCUT2D eigenvalue weighted by atomic mass is 16.2. The minimum atomic E-state index is -0.358. The van der Waals surface area contributed by atoms with E-state index in [0.717, 1.165) is 45.7 Å². The molecule has 0 unspecified atom stereocenters. The number of hydrogen-bond donors (Lipinski definition) is 1. The highest BCUT2D eigenvalue weighted by Crippen LogP contribution is 2.21. The Balaban J connectivity index is 1.95. The van der Waals surface area contributed by atoms with Gasteiger partial charge in [0, 0.05) is 32.7 Å². The van der Waals surface area contributed by atoms with Gasteiger partial charge < -0.3 is 20.0 Å². The summed E-state index contributed by atoms with van der Waals surface area (Å²) in [7, 11) is 6.11. The smallest absolute Gasteiger partial charge is 0.253 e. The number of hydrogen-bond acceptors (Lipinski definition) is 6. The van der Waals surface area contributed by atoms with Gasteiger partial charge in [-0.3, -0.25) is 9.59 Å². The van der Waals surface area contributed by atoms with Gasteiger partial charge in [-0.2, -0.15) is 0 Å². The van der Waals surface area contributed by atoms with Crippen LogP contribution in [0.2, 0.25) is 0 Å². The number of anilines is 2. The number of nitrogens with zero attached hydrogens (tertiary/aromatic N) is 3. The molecule has 1 aromatic rings. The van der Waals surface area contributed by atoms with Gasteiger partial charge in [0.15, 0.2) is 0 Å². The van der Waals surface area contributed by atoms with Gasteiger partial charge in [0.05, 0.1) is 0 Å². The first-order chi connectivity index (χ1) is 9.50. The quantitative estimate of drug-likeness (QED) is 0.555. The van der Waals surface area contributed by atoms with E-state index in [1.807, 2.05) is 19.0 Å². The minimum absolute atomic E-state index is 0.329. The maximum atomic E-state index is 11.8. The van der Waals surface area contributed by atoms with Gasteiger partial charge >= 0.3 is 0 Å². The zero-order valence-corrected chi connectivity index (χ0v) is 12.6. The maximum absolute atomic E-state index is 11.8. The highest BCUT2D eigenvalue weighted by Gasteiger charge is 2.27. The molecule has 1 aliphatic rings. The molecule has 0 spiro atoms. The second-order valence-corrected chi connectivity index (χ2v) is 5.76. The van der Waals surface area contributed by atoms with E-state index in [1.165, 1.54) is 0 Å². The standard InChI is InChI=1S/C14H24N4O2/c1-16(2)6-4-5-15-11-12(14(20)13(11)19)18-9-7-17(3)8-10-18/h15H,4-10H2,1-3H3. The summed E-state index contributed by atoms with van der Waals surface area (Å²) in [6.07, 6.45) is 0.952. The third-order valence-corrected chi connectivity index (χ3v) is 3.79. The summed E-state index contributed by atoms with van der Waals surface area (Å²) < 4.78 is 0. The lowest BCUT2D eigenvalue weighted by Crippen LogP contribution is -2.50. The molecule has 1 saturated heterocycles. The van der Waals surface area contributed by atoms with Crippen LogP contribution in [0.5, 0.6) is 0 Å². The number of nitrogens with one attached hydrogen (secondary N) is 1. The summed E-state index contributed by atoms with van der Waals surface area (Å²) in [5, 5.41) is 3.14. The fourth-order valence-electron chi connectivity index (χ4n) is 2.48. The molecule has 1 aliphatic heterocycles. The normalized spacial score (nSPS) is 17.1. The first-order valence-corrected chi connectivity index (χ1v) is 7.16. The predicted octanol–water partition coefficient (Wildman–Crippen LogP) is -0.602. The van der Waals surface area contributed by atoms with Crippen molar-refractivity contribution in [1.82, 2.24) is 9.80 Å². The molecule has 0 bridgehead atoms. The first kappa shape index (κ1) is 15.0. The predicted molar refractivity (Wildman–Crippen MR) is 82.7 cm³/mol. The molecule has 1 N–H and O–H groups in total. The largest absolute Gasteiger partial charge is 0.380 e. The van der Waals surface area contributed by atoms with Gasteiger partial charge in [-0.25, -0.2) is 0 Å². The third-order valence-electron chi connectivity index (χ3n) is 3.79. The second-order valence-electron chi connectivity index (χ2n) is 5.76. The molecule has 1 aromatic carbocycles. The van der Waals surface area contributed by atoms with E-state index in [0.29, 0.717) is 11.4 Å². The van der Waals surface area contributed by atoms with Crippen molar-refractivity contribution in [2.24, 2.45) is 0 Å².